The molecule has 0 spiro atoms. The molecule has 12 heavy (non-hydrogen) atoms. The van der Waals surface area contributed by atoms with Crippen LogP contribution in [0.3, 0.4) is 0 Å². The van der Waals surface area contributed by atoms with E-state index in [0.717, 1.165) is 6.04 Å². The minimum absolute atomic E-state index is 0.558. The Kier molecular flexibility index (Phi) is 3.53. The topological polar surface area (TPSA) is 24.1 Å². The second-order valence-electron chi connectivity index (χ2n) is 4.40. The van der Waals surface area contributed by atoms with Gasteiger partial charge in [-0.1, -0.05) is 6.92 Å². The summed E-state index contributed by atoms with van der Waals surface area (Å²) >= 11 is 0. The van der Waals surface area contributed by atoms with E-state index in [1.54, 1.807) is 0 Å². The molecule has 0 saturated heterocycles. The van der Waals surface area contributed by atoms with Gasteiger partial charge in [-0.2, -0.15) is 0 Å². The Morgan fingerprint density at radius 2 is 1.83 bits per heavy atom. The summed E-state index contributed by atoms with van der Waals surface area (Å²) in [5.74, 6) is 0. The van der Waals surface area contributed by atoms with Crippen molar-refractivity contribution in [3.05, 3.63) is 0 Å². The van der Waals surface area contributed by atoms with Gasteiger partial charge in [-0.05, 0) is 45.2 Å². The molecule has 0 bridgehead atoms. The summed E-state index contributed by atoms with van der Waals surface area (Å²) in [5.41, 5.74) is 0.558. The Balaban J connectivity index is 2.33. The standard InChI is InChI=1S/C10H22N2/c1-10(8-11-2)6-4-9(12-3)5-7-10/h9,11-12H,4-8H2,1-3H3. The van der Waals surface area contributed by atoms with Crippen molar-refractivity contribution < 1.29 is 0 Å². The van der Waals surface area contributed by atoms with E-state index in [1.807, 2.05) is 0 Å². The number of hydrogen-bond donors (Lipinski definition) is 2. The van der Waals surface area contributed by atoms with Crippen LogP contribution in [0.25, 0.3) is 0 Å². The summed E-state index contributed by atoms with van der Waals surface area (Å²) in [6, 6.07) is 0.773. The molecule has 0 radical (unpaired) electrons. The van der Waals surface area contributed by atoms with Gasteiger partial charge >= 0.3 is 0 Å². The Morgan fingerprint density at radius 1 is 1.25 bits per heavy atom. The van der Waals surface area contributed by atoms with Gasteiger partial charge < -0.3 is 10.6 Å². The molecular weight excluding hydrogens is 148 g/mol. The monoisotopic (exact) mass is 170 g/mol. The molecule has 0 aromatic heterocycles. The zero-order chi connectivity index (χ0) is 9.03. The van der Waals surface area contributed by atoms with Gasteiger partial charge in [0.2, 0.25) is 0 Å². The number of hydrogen-bond acceptors (Lipinski definition) is 2. The highest BCUT2D eigenvalue weighted by atomic mass is 14.9. The molecule has 0 aromatic carbocycles. The van der Waals surface area contributed by atoms with E-state index in [2.05, 4.69) is 31.7 Å². The molecule has 0 heterocycles. The van der Waals surface area contributed by atoms with Gasteiger partial charge in [0.25, 0.3) is 0 Å². The maximum absolute atomic E-state index is 3.36. The Bertz CT molecular complexity index is 126. The van der Waals surface area contributed by atoms with E-state index in [1.165, 1.54) is 32.2 Å². The van der Waals surface area contributed by atoms with Crippen LogP contribution in [0.2, 0.25) is 0 Å². The van der Waals surface area contributed by atoms with E-state index >= 15 is 0 Å². The summed E-state index contributed by atoms with van der Waals surface area (Å²) in [5, 5.41) is 6.65. The molecule has 2 heteroatoms. The Hall–Kier alpha value is -0.0800. The zero-order valence-electron chi connectivity index (χ0n) is 8.61. The van der Waals surface area contributed by atoms with Crippen molar-refractivity contribution in [3.63, 3.8) is 0 Å². The lowest BCUT2D eigenvalue weighted by molar-refractivity contribution is 0.186. The second kappa shape index (κ2) is 4.24. The first kappa shape index (κ1) is 10.0. The molecule has 1 aliphatic rings. The highest BCUT2D eigenvalue weighted by Gasteiger charge is 2.29. The third kappa shape index (κ3) is 2.46. The molecule has 0 atom stereocenters. The first-order chi connectivity index (χ1) is 5.70. The van der Waals surface area contributed by atoms with Crippen LogP contribution in [0.5, 0.6) is 0 Å². The normalized spacial score (nSPS) is 36.8. The minimum atomic E-state index is 0.558. The average Bonchev–Trinajstić information content (AvgIpc) is 2.06. The van der Waals surface area contributed by atoms with Crippen molar-refractivity contribution in [2.75, 3.05) is 20.6 Å². The first-order valence-corrected chi connectivity index (χ1v) is 5.02. The third-order valence-corrected chi connectivity index (χ3v) is 3.20. The van der Waals surface area contributed by atoms with E-state index in [-0.39, 0.29) is 0 Å². The molecule has 0 unspecified atom stereocenters. The van der Waals surface area contributed by atoms with E-state index in [4.69, 9.17) is 0 Å². The lowest BCUT2D eigenvalue weighted by Gasteiger charge is -2.37. The molecule has 1 rings (SSSR count). The van der Waals surface area contributed by atoms with Gasteiger partial charge in [0.05, 0.1) is 0 Å². The highest BCUT2D eigenvalue weighted by molar-refractivity contribution is 4.85. The molecule has 0 amide bonds. The lowest BCUT2D eigenvalue weighted by atomic mass is 9.74. The van der Waals surface area contributed by atoms with Crippen LogP contribution < -0.4 is 10.6 Å². The van der Waals surface area contributed by atoms with Crippen LogP contribution in [-0.2, 0) is 0 Å². The molecule has 0 aromatic rings. The van der Waals surface area contributed by atoms with Crippen LogP contribution in [0.15, 0.2) is 0 Å². The van der Waals surface area contributed by atoms with Gasteiger partial charge in [0, 0.05) is 12.6 Å². The smallest absolute Gasteiger partial charge is 0.00644 e. The van der Waals surface area contributed by atoms with E-state index in [0.29, 0.717) is 5.41 Å². The fourth-order valence-electron chi connectivity index (χ4n) is 2.21. The molecule has 1 saturated carbocycles. The summed E-state index contributed by atoms with van der Waals surface area (Å²) in [6.07, 6.45) is 5.40. The van der Waals surface area contributed by atoms with Crippen molar-refractivity contribution >= 4 is 0 Å². The van der Waals surface area contributed by atoms with Crippen molar-refractivity contribution in [2.45, 2.75) is 38.6 Å². The van der Waals surface area contributed by atoms with E-state index in [9.17, 15) is 0 Å². The summed E-state index contributed by atoms with van der Waals surface area (Å²) < 4.78 is 0. The van der Waals surface area contributed by atoms with Crippen LogP contribution in [0, 0.1) is 5.41 Å². The van der Waals surface area contributed by atoms with Crippen molar-refractivity contribution in [2.24, 2.45) is 5.41 Å². The average molecular weight is 170 g/mol. The van der Waals surface area contributed by atoms with Gasteiger partial charge in [-0.15, -0.1) is 0 Å². The molecule has 72 valence electrons. The summed E-state index contributed by atoms with van der Waals surface area (Å²) in [7, 11) is 4.13. The van der Waals surface area contributed by atoms with Crippen LogP contribution in [-0.4, -0.2) is 26.7 Å². The quantitative estimate of drug-likeness (QED) is 0.668. The molecule has 1 fully saturated rings. The second-order valence-corrected chi connectivity index (χ2v) is 4.40. The molecule has 0 aliphatic heterocycles. The molecule has 1 aliphatic carbocycles. The maximum Gasteiger partial charge on any atom is 0.00644 e. The van der Waals surface area contributed by atoms with E-state index < -0.39 is 0 Å². The third-order valence-electron chi connectivity index (χ3n) is 3.20. The fourth-order valence-corrected chi connectivity index (χ4v) is 2.21. The van der Waals surface area contributed by atoms with Crippen LogP contribution in [0.1, 0.15) is 32.6 Å². The largest absolute Gasteiger partial charge is 0.319 e. The molecule has 2 nitrogen and oxygen atoms in total. The Labute approximate surface area is 76.1 Å². The molecular formula is C10H22N2. The fraction of sp³-hybridized carbons (Fsp3) is 1.00. The van der Waals surface area contributed by atoms with Gasteiger partial charge in [0.15, 0.2) is 0 Å². The SMILES string of the molecule is CNCC1(C)CCC(NC)CC1. The van der Waals surface area contributed by atoms with Gasteiger partial charge in [-0.3, -0.25) is 0 Å². The zero-order valence-corrected chi connectivity index (χ0v) is 8.61. The maximum atomic E-state index is 3.36. The van der Waals surface area contributed by atoms with Crippen molar-refractivity contribution in [3.8, 4) is 0 Å². The summed E-state index contributed by atoms with van der Waals surface area (Å²) in [6.45, 7) is 3.57. The predicted octanol–water partition coefficient (Wildman–Crippen LogP) is 1.37. The first-order valence-electron chi connectivity index (χ1n) is 5.02. The lowest BCUT2D eigenvalue weighted by Crippen LogP contribution is -2.39. The van der Waals surface area contributed by atoms with Crippen LogP contribution >= 0.6 is 0 Å². The van der Waals surface area contributed by atoms with Gasteiger partial charge in [0.1, 0.15) is 0 Å². The van der Waals surface area contributed by atoms with Gasteiger partial charge in [-0.25, -0.2) is 0 Å². The van der Waals surface area contributed by atoms with Crippen molar-refractivity contribution in [1.82, 2.24) is 10.6 Å². The summed E-state index contributed by atoms with van der Waals surface area (Å²) in [4.78, 5) is 0. The van der Waals surface area contributed by atoms with Crippen LogP contribution in [0.4, 0.5) is 0 Å². The van der Waals surface area contributed by atoms with Crippen molar-refractivity contribution in [1.29, 1.82) is 0 Å². The predicted molar refractivity (Wildman–Crippen MR) is 53.3 cm³/mol. The number of rotatable bonds is 3. The highest BCUT2D eigenvalue weighted by Crippen LogP contribution is 2.34. The Morgan fingerprint density at radius 3 is 2.25 bits per heavy atom. The molecule has 2 N–H and O–H groups in total. The minimum Gasteiger partial charge on any atom is -0.319 e. The number of nitrogens with one attached hydrogen (secondary N) is 2.